The number of ether oxygens (including phenoxy) is 1. The molecule has 0 radical (unpaired) electrons. The number of aliphatic carboxylic acids is 1. The third-order valence-electron chi connectivity index (χ3n) is 3.93. The van der Waals surface area contributed by atoms with Crippen molar-refractivity contribution in [3.05, 3.63) is 12.2 Å². The molecule has 5 nitrogen and oxygen atoms in total. The second-order valence-corrected chi connectivity index (χ2v) is 8.91. The summed E-state index contributed by atoms with van der Waals surface area (Å²) < 4.78 is 17.1. The van der Waals surface area contributed by atoms with Crippen molar-refractivity contribution >= 4 is 14.5 Å². The van der Waals surface area contributed by atoms with E-state index in [-0.39, 0.29) is 11.3 Å². The molecule has 1 aliphatic heterocycles. The number of rotatable bonds is 6. The summed E-state index contributed by atoms with van der Waals surface area (Å²) in [4.78, 5) is 9.60. The van der Waals surface area contributed by atoms with Gasteiger partial charge in [-0.15, -0.1) is 0 Å². The van der Waals surface area contributed by atoms with Crippen LogP contribution < -0.4 is 0 Å². The highest BCUT2D eigenvalue weighted by molar-refractivity contribution is 6.69. The molecule has 0 aromatic carbocycles. The largest absolute Gasteiger partial charge is 0.478 e. The van der Waals surface area contributed by atoms with Crippen LogP contribution in [0.1, 0.15) is 39.5 Å². The first-order valence-electron chi connectivity index (χ1n) is 7.40. The quantitative estimate of drug-likeness (QED) is 0.602. The highest BCUT2D eigenvalue weighted by Gasteiger charge is 2.50. The molecule has 0 saturated carbocycles. The summed E-state index contributed by atoms with van der Waals surface area (Å²) in [5.74, 6) is -0.310. The van der Waals surface area contributed by atoms with E-state index < -0.39 is 14.5 Å². The summed E-state index contributed by atoms with van der Waals surface area (Å²) in [5.41, 5.74) is 0.385. The molecule has 1 fully saturated rings. The van der Waals surface area contributed by atoms with E-state index in [9.17, 15) is 4.79 Å². The van der Waals surface area contributed by atoms with E-state index in [0.29, 0.717) is 5.92 Å². The molecule has 0 aromatic rings. The van der Waals surface area contributed by atoms with Crippen LogP contribution in [0, 0.1) is 5.92 Å². The zero-order chi connectivity index (χ0) is 16.5. The number of hydrogen-bond acceptors (Lipinski definition) is 4. The first-order valence-corrected chi connectivity index (χ1v) is 9.50. The van der Waals surface area contributed by atoms with Gasteiger partial charge in [-0.25, -0.2) is 4.79 Å². The number of carboxylic acid groups (broad SMARTS) is 1. The van der Waals surface area contributed by atoms with Gasteiger partial charge in [0, 0.05) is 26.9 Å². The lowest BCUT2D eigenvalue weighted by Gasteiger charge is -2.42. The minimum atomic E-state index is -2.08. The molecule has 0 aromatic heterocycles. The molecule has 6 heteroatoms. The Morgan fingerprint density at radius 2 is 1.86 bits per heavy atom. The van der Waals surface area contributed by atoms with Gasteiger partial charge in [-0.05, 0) is 31.7 Å². The lowest BCUT2D eigenvalue weighted by Crippen LogP contribution is -2.58. The Balaban J connectivity index is 0.000000567. The molecule has 124 valence electrons. The summed E-state index contributed by atoms with van der Waals surface area (Å²) in [7, 11) is 3.26. The second-order valence-electron chi connectivity index (χ2n) is 5.40. The average molecular weight is 318 g/mol. The van der Waals surface area contributed by atoms with Crippen molar-refractivity contribution in [2.45, 2.75) is 51.3 Å². The molecule has 0 spiro atoms. The van der Waals surface area contributed by atoms with Crippen molar-refractivity contribution in [2.24, 2.45) is 5.92 Å². The molecule has 1 rings (SSSR count). The normalized spacial score (nSPS) is 23.9. The molecule has 1 saturated heterocycles. The van der Waals surface area contributed by atoms with Crippen LogP contribution in [0.25, 0.3) is 0 Å². The van der Waals surface area contributed by atoms with Crippen molar-refractivity contribution in [2.75, 3.05) is 21.3 Å². The Bertz CT molecular complexity index is 314. The van der Waals surface area contributed by atoms with Gasteiger partial charge in [-0.1, -0.05) is 26.3 Å². The molecule has 1 heterocycles. The van der Waals surface area contributed by atoms with Crippen molar-refractivity contribution < 1.29 is 23.5 Å². The number of hydrogen-bond donors (Lipinski definition) is 1. The summed E-state index contributed by atoms with van der Waals surface area (Å²) in [6, 6.07) is 1.07. The number of carboxylic acids is 1. The van der Waals surface area contributed by atoms with Crippen LogP contribution in [0.4, 0.5) is 0 Å². The Labute approximate surface area is 129 Å². The Kier molecular flexibility index (Phi) is 9.77. The predicted molar refractivity (Wildman–Crippen MR) is 85.5 cm³/mol. The minimum Gasteiger partial charge on any atom is -0.478 e. The van der Waals surface area contributed by atoms with Gasteiger partial charge >= 0.3 is 14.5 Å². The van der Waals surface area contributed by atoms with Gasteiger partial charge < -0.3 is 18.7 Å². The highest BCUT2D eigenvalue weighted by Crippen LogP contribution is 2.37. The van der Waals surface area contributed by atoms with Crippen LogP contribution in [-0.2, 0) is 18.4 Å². The molecular weight excluding hydrogens is 288 g/mol. The van der Waals surface area contributed by atoms with E-state index in [2.05, 4.69) is 13.5 Å². The zero-order valence-electron chi connectivity index (χ0n) is 14.0. The molecular formula is C15H30O5Si. The second kappa shape index (κ2) is 10.1. The van der Waals surface area contributed by atoms with Crippen LogP contribution in [0.3, 0.4) is 0 Å². The standard InChI is InChI=1S/C11H24O3Si.C4H6O2/c1-5-7-10-8-6-9-15(13-3,14-4)11(10)12-2;1-3(2)4(5)6/h10-11H,5-9H2,1-4H3;1H2,2H3,(H,5,6). The fourth-order valence-corrected chi connectivity index (χ4v) is 6.25. The van der Waals surface area contributed by atoms with Gasteiger partial charge in [-0.3, -0.25) is 0 Å². The predicted octanol–water partition coefficient (Wildman–Crippen LogP) is 3.13. The number of carbonyl (C=O) groups is 1. The van der Waals surface area contributed by atoms with E-state index >= 15 is 0 Å². The topological polar surface area (TPSA) is 65.0 Å². The van der Waals surface area contributed by atoms with E-state index in [1.807, 2.05) is 0 Å². The SMILES string of the molecule is C=C(C)C(=O)O.CCCC1CCC[Si](OC)(OC)C1OC. The van der Waals surface area contributed by atoms with Crippen LogP contribution in [0.15, 0.2) is 12.2 Å². The van der Waals surface area contributed by atoms with Gasteiger partial charge in [0.25, 0.3) is 0 Å². The van der Waals surface area contributed by atoms with Crippen LogP contribution >= 0.6 is 0 Å². The zero-order valence-corrected chi connectivity index (χ0v) is 15.0. The lowest BCUT2D eigenvalue weighted by atomic mass is 9.98. The summed E-state index contributed by atoms with van der Waals surface area (Å²) >= 11 is 0. The van der Waals surface area contributed by atoms with E-state index in [0.717, 1.165) is 6.04 Å². The first-order chi connectivity index (χ1) is 9.88. The maximum Gasteiger partial charge on any atom is 0.367 e. The van der Waals surface area contributed by atoms with Gasteiger partial charge in [0.05, 0.1) is 0 Å². The number of methoxy groups -OCH3 is 1. The third-order valence-corrected chi connectivity index (χ3v) is 7.94. The average Bonchev–Trinajstić information content (AvgIpc) is 2.47. The molecule has 1 aliphatic rings. The Morgan fingerprint density at radius 1 is 1.33 bits per heavy atom. The molecule has 2 atom stereocenters. The lowest BCUT2D eigenvalue weighted by molar-refractivity contribution is -0.132. The molecule has 0 bridgehead atoms. The van der Waals surface area contributed by atoms with E-state index in [1.165, 1.54) is 32.6 Å². The maximum absolute atomic E-state index is 9.60. The van der Waals surface area contributed by atoms with Gasteiger partial charge in [0.15, 0.2) is 0 Å². The van der Waals surface area contributed by atoms with Gasteiger partial charge in [-0.2, -0.15) is 0 Å². The highest BCUT2D eigenvalue weighted by atomic mass is 28.4. The van der Waals surface area contributed by atoms with Crippen LogP contribution in [-0.4, -0.2) is 46.7 Å². The molecule has 0 aliphatic carbocycles. The van der Waals surface area contributed by atoms with Gasteiger partial charge in [0.1, 0.15) is 5.73 Å². The minimum absolute atomic E-state index is 0.176. The van der Waals surface area contributed by atoms with Crippen molar-refractivity contribution in [3.8, 4) is 0 Å². The fraction of sp³-hybridized carbons (Fsp3) is 0.800. The fourth-order valence-electron chi connectivity index (χ4n) is 2.82. The Morgan fingerprint density at radius 3 is 2.19 bits per heavy atom. The molecule has 2 unspecified atom stereocenters. The van der Waals surface area contributed by atoms with Crippen LogP contribution in [0.5, 0.6) is 0 Å². The summed E-state index contributed by atoms with van der Waals surface area (Å²) in [6.07, 6.45) is 4.91. The molecule has 0 amide bonds. The van der Waals surface area contributed by atoms with Crippen molar-refractivity contribution in [1.29, 1.82) is 0 Å². The smallest absolute Gasteiger partial charge is 0.367 e. The van der Waals surface area contributed by atoms with E-state index in [1.54, 1.807) is 21.3 Å². The van der Waals surface area contributed by atoms with E-state index in [4.69, 9.17) is 18.7 Å². The van der Waals surface area contributed by atoms with Gasteiger partial charge in [0.2, 0.25) is 0 Å². The first kappa shape index (κ1) is 20.3. The maximum atomic E-state index is 9.60. The van der Waals surface area contributed by atoms with Crippen molar-refractivity contribution in [3.63, 3.8) is 0 Å². The molecule has 1 N–H and O–H groups in total. The third kappa shape index (κ3) is 5.90. The van der Waals surface area contributed by atoms with Crippen LogP contribution in [0.2, 0.25) is 6.04 Å². The molecule has 21 heavy (non-hydrogen) atoms. The Hall–Kier alpha value is -0.693. The summed E-state index contributed by atoms with van der Waals surface area (Å²) in [5, 5.41) is 7.89. The monoisotopic (exact) mass is 318 g/mol. The van der Waals surface area contributed by atoms with Crippen molar-refractivity contribution in [1.82, 2.24) is 0 Å². The summed E-state index contributed by atoms with van der Waals surface area (Å²) in [6.45, 7) is 6.83.